The van der Waals surface area contributed by atoms with E-state index >= 15 is 0 Å². The number of pyridine rings is 1. The molecule has 0 aliphatic rings. The molecule has 2 atom stereocenters. The van der Waals surface area contributed by atoms with Gasteiger partial charge in [0.25, 0.3) is 0 Å². The SMILES string of the molecule is CCC(C)SCC(O)c1cnccc1N. The molecular formula is C11H18N2OS. The number of nitrogens with zero attached hydrogens (tertiary/aromatic N) is 1. The monoisotopic (exact) mass is 226 g/mol. The lowest BCUT2D eigenvalue weighted by Gasteiger charge is -2.14. The van der Waals surface area contributed by atoms with Gasteiger partial charge in [0.2, 0.25) is 0 Å². The van der Waals surface area contributed by atoms with Crippen LogP contribution < -0.4 is 5.73 Å². The van der Waals surface area contributed by atoms with Crippen molar-refractivity contribution in [2.24, 2.45) is 0 Å². The lowest BCUT2D eigenvalue weighted by Crippen LogP contribution is -2.07. The number of aromatic nitrogens is 1. The van der Waals surface area contributed by atoms with E-state index in [4.69, 9.17) is 5.73 Å². The van der Waals surface area contributed by atoms with Crippen molar-refractivity contribution in [2.75, 3.05) is 11.5 Å². The Morgan fingerprint density at radius 2 is 2.33 bits per heavy atom. The van der Waals surface area contributed by atoms with Crippen molar-refractivity contribution in [3.05, 3.63) is 24.0 Å². The van der Waals surface area contributed by atoms with E-state index in [9.17, 15) is 5.11 Å². The summed E-state index contributed by atoms with van der Waals surface area (Å²) >= 11 is 1.75. The molecule has 0 saturated heterocycles. The summed E-state index contributed by atoms with van der Waals surface area (Å²) in [6.07, 6.45) is 3.86. The van der Waals surface area contributed by atoms with E-state index in [-0.39, 0.29) is 0 Å². The largest absolute Gasteiger partial charge is 0.398 e. The molecule has 0 aliphatic carbocycles. The highest BCUT2D eigenvalue weighted by molar-refractivity contribution is 7.99. The van der Waals surface area contributed by atoms with Gasteiger partial charge in [-0.2, -0.15) is 11.8 Å². The third-order valence-electron chi connectivity index (χ3n) is 2.36. The van der Waals surface area contributed by atoms with Crippen molar-refractivity contribution in [1.29, 1.82) is 0 Å². The molecule has 0 amide bonds. The van der Waals surface area contributed by atoms with Crippen LogP contribution >= 0.6 is 11.8 Å². The summed E-state index contributed by atoms with van der Waals surface area (Å²) in [6, 6.07) is 1.71. The van der Waals surface area contributed by atoms with Gasteiger partial charge in [-0.3, -0.25) is 4.98 Å². The predicted molar refractivity (Wildman–Crippen MR) is 65.8 cm³/mol. The van der Waals surface area contributed by atoms with Crippen LogP contribution in [0.5, 0.6) is 0 Å². The molecule has 0 saturated carbocycles. The van der Waals surface area contributed by atoms with Crippen LogP contribution in [0.2, 0.25) is 0 Å². The molecule has 3 nitrogen and oxygen atoms in total. The van der Waals surface area contributed by atoms with Crippen LogP contribution in [-0.2, 0) is 0 Å². The van der Waals surface area contributed by atoms with E-state index < -0.39 is 6.10 Å². The number of thioether (sulfide) groups is 1. The first-order valence-corrected chi connectivity index (χ1v) is 6.19. The minimum atomic E-state index is -0.516. The molecule has 1 heterocycles. The van der Waals surface area contributed by atoms with Crippen molar-refractivity contribution in [1.82, 2.24) is 4.98 Å². The molecule has 2 unspecified atom stereocenters. The lowest BCUT2D eigenvalue weighted by molar-refractivity contribution is 0.204. The van der Waals surface area contributed by atoms with Gasteiger partial charge >= 0.3 is 0 Å². The number of hydrogen-bond acceptors (Lipinski definition) is 4. The zero-order chi connectivity index (χ0) is 11.3. The molecule has 1 rings (SSSR count). The van der Waals surface area contributed by atoms with Gasteiger partial charge in [-0.05, 0) is 12.5 Å². The van der Waals surface area contributed by atoms with Crippen molar-refractivity contribution in [3.8, 4) is 0 Å². The molecule has 0 aliphatic heterocycles. The number of nitrogens with two attached hydrogens (primary N) is 1. The zero-order valence-corrected chi connectivity index (χ0v) is 10.00. The number of anilines is 1. The number of aliphatic hydroxyl groups excluding tert-OH is 1. The zero-order valence-electron chi connectivity index (χ0n) is 9.18. The van der Waals surface area contributed by atoms with E-state index in [0.29, 0.717) is 16.7 Å². The fraction of sp³-hybridized carbons (Fsp3) is 0.545. The van der Waals surface area contributed by atoms with Gasteiger partial charge in [0.1, 0.15) is 0 Å². The van der Waals surface area contributed by atoms with Gasteiger partial charge in [0, 0.05) is 34.6 Å². The summed E-state index contributed by atoms with van der Waals surface area (Å²) in [4.78, 5) is 3.96. The Morgan fingerprint density at radius 3 is 2.93 bits per heavy atom. The molecule has 1 aromatic heterocycles. The normalized spacial score (nSPS) is 14.9. The molecular weight excluding hydrogens is 208 g/mol. The third-order valence-corrected chi connectivity index (χ3v) is 3.77. The fourth-order valence-corrected chi connectivity index (χ4v) is 2.08. The summed E-state index contributed by atoms with van der Waals surface area (Å²) in [5.41, 5.74) is 7.09. The lowest BCUT2D eigenvalue weighted by atomic mass is 10.1. The first kappa shape index (κ1) is 12.3. The highest BCUT2D eigenvalue weighted by Gasteiger charge is 2.12. The summed E-state index contributed by atoms with van der Waals surface area (Å²) < 4.78 is 0. The second-order valence-corrected chi connectivity index (χ2v) is 5.04. The molecule has 1 aromatic rings. The Balaban J connectivity index is 2.54. The molecule has 0 radical (unpaired) electrons. The molecule has 15 heavy (non-hydrogen) atoms. The standard InChI is InChI=1S/C11H18N2OS/c1-3-8(2)15-7-11(14)9-6-13-5-4-10(9)12/h4-6,8,11,14H,3,7H2,1-2H3,(H2,12,13). The molecule has 0 bridgehead atoms. The average Bonchev–Trinajstić information content (AvgIpc) is 2.26. The van der Waals surface area contributed by atoms with Gasteiger partial charge in [0.15, 0.2) is 0 Å². The summed E-state index contributed by atoms with van der Waals surface area (Å²) in [5.74, 6) is 0.672. The van der Waals surface area contributed by atoms with E-state index in [1.54, 1.807) is 30.2 Å². The topological polar surface area (TPSA) is 59.1 Å². The van der Waals surface area contributed by atoms with Crippen molar-refractivity contribution >= 4 is 17.4 Å². The Morgan fingerprint density at radius 1 is 1.60 bits per heavy atom. The van der Waals surface area contributed by atoms with E-state index in [1.165, 1.54) is 0 Å². The first-order chi connectivity index (χ1) is 7.15. The van der Waals surface area contributed by atoms with Crippen LogP contribution in [0.4, 0.5) is 5.69 Å². The fourth-order valence-electron chi connectivity index (χ4n) is 1.16. The highest BCUT2D eigenvalue weighted by atomic mass is 32.2. The number of aliphatic hydroxyl groups is 1. The van der Waals surface area contributed by atoms with Crippen LogP contribution in [0.3, 0.4) is 0 Å². The van der Waals surface area contributed by atoms with Crippen LogP contribution in [0, 0.1) is 0 Å². The van der Waals surface area contributed by atoms with Crippen molar-refractivity contribution in [3.63, 3.8) is 0 Å². The molecule has 0 spiro atoms. The van der Waals surface area contributed by atoms with Crippen LogP contribution in [-0.4, -0.2) is 21.1 Å². The van der Waals surface area contributed by atoms with Gasteiger partial charge in [-0.1, -0.05) is 13.8 Å². The highest BCUT2D eigenvalue weighted by Crippen LogP contribution is 2.25. The maximum atomic E-state index is 9.90. The Hall–Kier alpha value is -0.740. The van der Waals surface area contributed by atoms with E-state index in [1.807, 2.05) is 0 Å². The smallest absolute Gasteiger partial charge is 0.0915 e. The minimum absolute atomic E-state index is 0.516. The Kier molecular flexibility index (Phi) is 4.91. The van der Waals surface area contributed by atoms with Crippen LogP contribution in [0.15, 0.2) is 18.5 Å². The Bertz CT molecular complexity index is 306. The van der Waals surface area contributed by atoms with Crippen LogP contribution in [0.25, 0.3) is 0 Å². The second-order valence-electron chi connectivity index (χ2n) is 3.57. The molecule has 3 N–H and O–H groups in total. The van der Waals surface area contributed by atoms with Gasteiger partial charge < -0.3 is 10.8 Å². The van der Waals surface area contributed by atoms with E-state index in [2.05, 4.69) is 18.8 Å². The van der Waals surface area contributed by atoms with Crippen molar-refractivity contribution < 1.29 is 5.11 Å². The average molecular weight is 226 g/mol. The second kappa shape index (κ2) is 5.98. The molecule has 84 valence electrons. The van der Waals surface area contributed by atoms with E-state index in [0.717, 1.165) is 12.0 Å². The number of hydrogen-bond donors (Lipinski definition) is 2. The molecule has 0 aromatic carbocycles. The van der Waals surface area contributed by atoms with Crippen LogP contribution in [0.1, 0.15) is 31.9 Å². The quantitative estimate of drug-likeness (QED) is 0.808. The molecule has 0 fully saturated rings. The first-order valence-electron chi connectivity index (χ1n) is 5.14. The van der Waals surface area contributed by atoms with Gasteiger partial charge in [-0.25, -0.2) is 0 Å². The summed E-state index contributed by atoms with van der Waals surface area (Å²) in [5, 5.41) is 10.5. The molecule has 4 heteroatoms. The van der Waals surface area contributed by atoms with Gasteiger partial charge in [0.05, 0.1) is 6.10 Å². The summed E-state index contributed by atoms with van der Waals surface area (Å²) in [7, 11) is 0. The summed E-state index contributed by atoms with van der Waals surface area (Å²) in [6.45, 7) is 4.30. The van der Waals surface area contributed by atoms with Crippen molar-refractivity contribution in [2.45, 2.75) is 31.6 Å². The third kappa shape index (κ3) is 3.72. The number of nitrogen functional groups attached to an aromatic ring is 1. The maximum absolute atomic E-state index is 9.90. The van der Waals surface area contributed by atoms with Gasteiger partial charge in [-0.15, -0.1) is 0 Å². The minimum Gasteiger partial charge on any atom is -0.398 e. The Labute approximate surface area is 95.1 Å². The maximum Gasteiger partial charge on any atom is 0.0915 e. The predicted octanol–water partition coefficient (Wildman–Crippen LogP) is 2.23. The number of rotatable bonds is 5.